The Bertz CT molecular complexity index is 789. The van der Waals surface area contributed by atoms with Gasteiger partial charge in [-0.05, 0) is 68.4 Å². The Morgan fingerprint density at radius 2 is 1.88 bits per heavy atom. The van der Waals surface area contributed by atoms with Crippen molar-refractivity contribution in [3.05, 3.63) is 40.6 Å². The summed E-state index contributed by atoms with van der Waals surface area (Å²) in [4.78, 5) is 0. The Hall–Kier alpha value is -2.15. The molecule has 1 aliphatic carbocycles. The number of halogens is 3. The highest BCUT2D eigenvalue weighted by atomic mass is 19.4. The standard InChI is InChI=1S/C18H19F3N2O2/c1-10(24)5-8-15-12-3-2-4-13(12)17(23-22-15)14-7-6-11(9-16(14)25)18(19,20)21/h6-7,9-10,24-25H,2-5,8H2,1H3. The summed E-state index contributed by atoms with van der Waals surface area (Å²) in [7, 11) is 0. The molecule has 0 saturated heterocycles. The minimum absolute atomic E-state index is 0.265. The first-order chi connectivity index (χ1) is 11.8. The fourth-order valence-corrected chi connectivity index (χ4v) is 3.23. The summed E-state index contributed by atoms with van der Waals surface area (Å²) >= 11 is 0. The lowest BCUT2D eigenvalue weighted by Gasteiger charge is -2.14. The van der Waals surface area contributed by atoms with Crippen molar-refractivity contribution in [1.82, 2.24) is 10.2 Å². The summed E-state index contributed by atoms with van der Waals surface area (Å²) in [5.74, 6) is -0.449. The molecule has 1 aromatic carbocycles. The zero-order chi connectivity index (χ0) is 18.2. The zero-order valence-electron chi connectivity index (χ0n) is 13.8. The molecule has 0 radical (unpaired) electrons. The van der Waals surface area contributed by atoms with E-state index in [1.807, 2.05) is 0 Å². The van der Waals surface area contributed by atoms with Crippen molar-refractivity contribution in [3.63, 3.8) is 0 Å². The molecule has 0 aliphatic heterocycles. The third kappa shape index (κ3) is 3.61. The molecule has 7 heteroatoms. The maximum Gasteiger partial charge on any atom is 0.416 e. The van der Waals surface area contributed by atoms with Crippen molar-refractivity contribution in [3.8, 4) is 17.0 Å². The molecule has 25 heavy (non-hydrogen) atoms. The monoisotopic (exact) mass is 352 g/mol. The Kier molecular flexibility index (Phi) is 4.69. The van der Waals surface area contributed by atoms with E-state index < -0.39 is 23.6 Å². The van der Waals surface area contributed by atoms with Gasteiger partial charge in [0.25, 0.3) is 0 Å². The van der Waals surface area contributed by atoms with Crippen LogP contribution in [-0.2, 0) is 25.4 Å². The number of hydrogen-bond acceptors (Lipinski definition) is 4. The second-order valence-electron chi connectivity index (χ2n) is 6.42. The van der Waals surface area contributed by atoms with Crippen molar-refractivity contribution in [1.29, 1.82) is 0 Å². The van der Waals surface area contributed by atoms with Crippen molar-refractivity contribution in [2.45, 2.75) is 51.3 Å². The molecule has 0 fully saturated rings. The molecule has 134 valence electrons. The number of benzene rings is 1. The van der Waals surface area contributed by atoms with E-state index in [9.17, 15) is 23.4 Å². The number of aromatic hydroxyl groups is 1. The van der Waals surface area contributed by atoms with Crippen LogP contribution < -0.4 is 0 Å². The van der Waals surface area contributed by atoms with Crippen LogP contribution in [0.1, 0.15) is 42.1 Å². The summed E-state index contributed by atoms with van der Waals surface area (Å²) < 4.78 is 38.3. The molecule has 1 heterocycles. The summed E-state index contributed by atoms with van der Waals surface area (Å²) in [5.41, 5.74) is 2.62. The third-order valence-electron chi connectivity index (χ3n) is 4.50. The number of aromatic nitrogens is 2. The highest BCUT2D eigenvalue weighted by molar-refractivity contribution is 5.71. The second-order valence-corrected chi connectivity index (χ2v) is 6.42. The highest BCUT2D eigenvalue weighted by Crippen LogP contribution is 2.39. The molecule has 2 N–H and O–H groups in total. The van der Waals surface area contributed by atoms with Gasteiger partial charge in [-0.15, -0.1) is 5.10 Å². The predicted octanol–water partition coefficient (Wildman–Crippen LogP) is 3.67. The normalized spacial score (nSPS) is 15.2. The summed E-state index contributed by atoms with van der Waals surface area (Å²) in [6.45, 7) is 1.71. The van der Waals surface area contributed by atoms with Gasteiger partial charge in [-0.25, -0.2) is 0 Å². The predicted molar refractivity (Wildman–Crippen MR) is 86.2 cm³/mol. The maximum atomic E-state index is 12.8. The number of rotatable bonds is 4. The number of aryl methyl sites for hydroxylation is 1. The van der Waals surface area contributed by atoms with Crippen LogP contribution in [0.25, 0.3) is 11.3 Å². The number of phenols is 1. The minimum Gasteiger partial charge on any atom is -0.507 e. The fourth-order valence-electron chi connectivity index (χ4n) is 3.23. The van der Waals surface area contributed by atoms with Gasteiger partial charge >= 0.3 is 6.18 Å². The number of hydrogen-bond donors (Lipinski definition) is 2. The van der Waals surface area contributed by atoms with E-state index in [2.05, 4.69) is 10.2 Å². The van der Waals surface area contributed by atoms with Gasteiger partial charge in [-0.1, -0.05) is 0 Å². The van der Waals surface area contributed by atoms with Crippen molar-refractivity contribution < 1.29 is 23.4 Å². The largest absolute Gasteiger partial charge is 0.507 e. The Labute approximate surface area is 143 Å². The van der Waals surface area contributed by atoms with Crippen molar-refractivity contribution in [2.24, 2.45) is 0 Å². The van der Waals surface area contributed by atoms with E-state index in [4.69, 9.17) is 0 Å². The Morgan fingerprint density at radius 1 is 1.16 bits per heavy atom. The topological polar surface area (TPSA) is 66.2 Å². The molecule has 0 amide bonds. The first-order valence-corrected chi connectivity index (χ1v) is 8.23. The fraction of sp³-hybridized carbons (Fsp3) is 0.444. The molecular formula is C18H19F3N2O2. The molecule has 1 unspecified atom stereocenters. The van der Waals surface area contributed by atoms with Gasteiger partial charge in [-0.2, -0.15) is 18.3 Å². The summed E-state index contributed by atoms with van der Waals surface area (Å²) in [6.07, 6.45) is -1.26. The molecular weight excluding hydrogens is 333 g/mol. The first kappa shape index (κ1) is 17.7. The molecule has 3 rings (SSSR count). The van der Waals surface area contributed by atoms with Gasteiger partial charge in [0.2, 0.25) is 0 Å². The Morgan fingerprint density at radius 3 is 2.52 bits per heavy atom. The van der Waals surface area contributed by atoms with Gasteiger partial charge in [0, 0.05) is 5.56 Å². The van der Waals surface area contributed by atoms with E-state index in [0.29, 0.717) is 18.5 Å². The first-order valence-electron chi connectivity index (χ1n) is 8.23. The van der Waals surface area contributed by atoms with Crippen LogP contribution in [0, 0.1) is 0 Å². The van der Waals surface area contributed by atoms with Crippen LogP contribution in [0.3, 0.4) is 0 Å². The average molecular weight is 352 g/mol. The van der Waals surface area contributed by atoms with Crippen LogP contribution in [0.15, 0.2) is 18.2 Å². The lowest BCUT2D eigenvalue weighted by atomic mass is 9.98. The van der Waals surface area contributed by atoms with E-state index >= 15 is 0 Å². The molecule has 0 spiro atoms. The molecule has 0 saturated carbocycles. The van der Waals surface area contributed by atoms with Crippen LogP contribution in [0.5, 0.6) is 5.75 Å². The van der Waals surface area contributed by atoms with Gasteiger partial charge in [0.15, 0.2) is 0 Å². The summed E-state index contributed by atoms with van der Waals surface area (Å²) in [6, 6.07) is 2.91. The van der Waals surface area contributed by atoms with Gasteiger partial charge in [0.05, 0.1) is 17.4 Å². The van der Waals surface area contributed by atoms with Gasteiger partial charge in [0.1, 0.15) is 11.4 Å². The molecule has 1 aromatic heterocycles. The van der Waals surface area contributed by atoms with E-state index in [-0.39, 0.29) is 5.56 Å². The summed E-state index contributed by atoms with van der Waals surface area (Å²) in [5, 5.41) is 27.9. The number of fused-ring (bicyclic) bond motifs is 1. The Balaban J connectivity index is 2.00. The van der Waals surface area contributed by atoms with Crippen LogP contribution in [0.2, 0.25) is 0 Å². The SMILES string of the molecule is CC(O)CCc1nnc(-c2ccc(C(F)(F)F)cc2O)c2c1CCC2. The number of phenolic OH excluding ortho intramolecular Hbond substituents is 1. The molecule has 0 bridgehead atoms. The van der Waals surface area contributed by atoms with E-state index in [1.165, 1.54) is 6.07 Å². The number of nitrogens with zero attached hydrogens (tertiary/aromatic N) is 2. The van der Waals surface area contributed by atoms with Crippen molar-refractivity contribution in [2.75, 3.05) is 0 Å². The van der Waals surface area contributed by atoms with Crippen molar-refractivity contribution >= 4 is 0 Å². The molecule has 4 nitrogen and oxygen atoms in total. The highest BCUT2D eigenvalue weighted by Gasteiger charge is 2.32. The van der Waals surface area contributed by atoms with E-state index in [1.54, 1.807) is 6.92 Å². The quantitative estimate of drug-likeness (QED) is 0.881. The molecule has 2 aromatic rings. The smallest absolute Gasteiger partial charge is 0.416 e. The molecule has 1 atom stereocenters. The third-order valence-corrected chi connectivity index (χ3v) is 4.50. The lowest BCUT2D eigenvalue weighted by molar-refractivity contribution is -0.137. The van der Waals surface area contributed by atoms with Crippen LogP contribution in [0.4, 0.5) is 13.2 Å². The second kappa shape index (κ2) is 6.63. The number of aliphatic hydroxyl groups is 1. The average Bonchev–Trinajstić information content (AvgIpc) is 3.01. The number of alkyl halides is 3. The minimum atomic E-state index is -4.51. The van der Waals surface area contributed by atoms with Crippen LogP contribution >= 0.6 is 0 Å². The maximum absolute atomic E-state index is 12.8. The lowest BCUT2D eigenvalue weighted by Crippen LogP contribution is -2.08. The van der Waals surface area contributed by atoms with Gasteiger partial charge in [-0.3, -0.25) is 0 Å². The number of aliphatic hydroxyl groups excluding tert-OH is 1. The van der Waals surface area contributed by atoms with Gasteiger partial charge < -0.3 is 10.2 Å². The zero-order valence-corrected chi connectivity index (χ0v) is 13.8. The van der Waals surface area contributed by atoms with E-state index in [0.717, 1.165) is 48.2 Å². The molecule has 1 aliphatic rings. The van der Waals surface area contributed by atoms with Crippen LogP contribution in [-0.4, -0.2) is 26.5 Å².